The summed E-state index contributed by atoms with van der Waals surface area (Å²) in [5.41, 5.74) is 0. The van der Waals surface area contributed by atoms with E-state index in [1.54, 1.807) is 0 Å². The number of aliphatic carboxylic acids is 1. The molecule has 2 fully saturated rings. The Morgan fingerprint density at radius 3 is 2.04 bits per heavy atom. The van der Waals surface area contributed by atoms with E-state index in [9.17, 15) is 18.0 Å². The van der Waals surface area contributed by atoms with Gasteiger partial charge in [-0.2, -0.15) is 13.2 Å². The van der Waals surface area contributed by atoms with Crippen LogP contribution in [0.4, 0.5) is 18.0 Å². The van der Waals surface area contributed by atoms with Crippen LogP contribution in [-0.2, 0) is 4.79 Å². The molecule has 134 valence electrons. The first-order chi connectivity index (χ1) is 10.7. The van der Waals surface area contributed by atoms with Gasteiger partial charge in [-0.1, -0.05) is 0 Å². The van der Waals surface area contributed by atoms with Crippen molar-refractivity contribution >= 4 is 12.0 Å². The zero-order chi connectivity index (χ0) is 17.5. The summed E-state index contributed by atoms with van der Waals surface area (Å²) in [6.45, 7) is 3.99. The number of nitrogens with one attached hydrogen (secondary N) is 1. The zero-order valence-corrected chi connectivity index (χ0v) is 13.2. The average molecular weight is 339 g/mol. The molecule has 0 radical (unpaired) electrons. The van der Waals surface area contributed by atoms with Crippen molar-refractivity contribution in [1.29, 1.82) is 0 Å². The van der Waals surface area contributed by atoms with Crippen LogP contribution in [-0.4, -0.2) is 72.4 Å². The fraction of sp³-hybridized carbons (Fsp3) is 0.857. The first kappa shape index (κ1) is 19.5. The number of likely N-dealkylation sites (tertiary alicyclic amines) is 1. The monoisotopic (exact) mass is 339 g/mol. The van der Waals surface area contributed by atoms with Crippen LogP contribution in [0.1, 0.15) is 32.1 Å². The number of carbonyl (C=O) groups is 2. The third-order valence-electron chi connectivity index (χ3n) is 4.03. The van der Waals surface area contributed by atoms with Gasteiger partial charge in [0.1, 0.15) is 0 Å². The highest BCUT2D eigenvalue weighted by molar-refractivity contribution is 5.74. The molecule has 2 amide bonds. The maximum absolute atomic E-state index is 12.2. The molecule has 0 atom stereocenters. The first-order valence-corrected chi connectivity index (χ1v) is 7.76. The van der Waals surface area contributed by atoms with E-state index in [4.69, 9.17) is 9.90 Å². The molecule has 0 unspecified atom stereocenters. The molecule has 2 aliphatic heterocycles. The van der Waals surface area contributed by atoms with Crippen LogP contribution >= 0.6 is 0 Å². The third-order valence-corrected chi connectivity index (χ3v) is 4.03. The van der Waals surface area contributed by atoms with Crippen LogP contribution < -0.4 is 5.32 Å². The lowest BCUT2D eigenvalue weighted by Gasteiger charge is -2.37. The summed E-state index contributed by atoms with van der Waals surface area (Å²) in [4.78, 5) is 25.1. The Bertz CT molecular complexity index is 392. The van der Waals surface area contributed by atoms with E-state index in [0.717, 1.165) is 39.0 Å². The van der Waals surface area contributed by atoms with E-state index in [-0.39, 0.29) is 6.03 Å². The lowest BCUT2D eigenvalue weighted by Crippen LogP contribution is -2.50. The second-order valence-electron chi connectivity index (χ2n) is 5.73. The first-order valence-electron chi connectivity index (χ1n) is 7.76. The third kappa shape index (κ3) is 6.64. The summed E-state index contributed by atoms with van der Waals surface area (Å²) >= 11 is 0. The average Bonchev–Trinajstić information content (AvgIpc) is 2.55. The van der Waals surface area contributed by atoms with Gasteiger partial charge in [0.15, 0.2) is 0 Å². The molecule has 0 aromatic carbocycles. The number of carbonyl (C=O) groups excluding carboxylic acids is 1. The second kappa shape index (κ2) is 8.95. The summed E-state index contributed by atoms with van der Waals surface area (Å²) < 4.78 is 31.7. The van der Waals surface area contributed by atoms with E-state index >= 15 is 0 Å². The summed E-state index contributed by atoms with van der Waals surface area (Å²) in [5, 5.41) is 10.5. The highest BCUT2D eigenvalue weighted by Gasteiger charge is 2.38. The smallest absolute Gasteiger partial charge is 0.475 e. The molecule has 0 aromatic rings. The van der Waals surface area contributed by atoms with E-state index in [0.29, 0.717) is 6.04 Å². The summed E-state index contributed by atoms with van der Waals surface area (Å²) in [7, 11) is 1.97. The van der Waals surface area contributed by atoms with Gasteiger partial charge in [0.2, 0.25) is 0 Å². The molecule has 0 saturated carbocycles. The van der Waals surface area contributed by atoms with E-state index < -0.39 is 12.1 Å². The Morgan fingerprint density at radius 1 is 1.13 bits per heavy atom. The fourth-order valence-electron chi connectivity index (χ4n) is 2.66. The van der Waals surface area contributed by atoms with Gasteiger partial charge >= 0.3 is 18.2 Å². The molecule has 9 heteroatoms. The number of alkyl halides is 3. The number of carboxylic acid groups (broad SMARTS) is 1. The Kier molecular flexibility index (Phi) is 7.60. The topological polar surface area (TPSA) is 72.9 Å². The molecule has 2 rings (SSSR count). The predicted molar refractivity (Wildman–Crippen MR) is 78.2 cm³/mol. The minimum Gasteiger partial charge on any atom is -0.475 e. The molecular weight excluding hydrogens is 315 g/mol. The molecule has 2 aliphatic rings. The SMILES string of the molecule is CN(C(=O)N1CCCCC1)C1CCNCC1.O=C(O)C(F)(F)F. The van der Waals surface area contributed by atoms with E-state index in [1.807, 2.05) is 16.8 Å². The number of nitrogens with zero attached hydrogens (tertiary/aromatic N) is 2. The molecule has 0 bridgehead atoms. The number of halogens is 3. The zero-order valence-electron chi connectivity index (χ0n) is 13.2. The van der Waals surface area contributed by atoms with E-state index in [1.165, 1.54) is 19.3 Å². The van der Waals surface area contributed by atoms with Gasteiger partial charge in [0.25, 0.3) is 0 Å². The van der Waals surface area contributed by atoms with Gasteiger partial charge in [0.05, 0.1) is 0 Å². The molecular formula is C14H24F3N3O3. The van der Waals surface area contributed by atoms with Gasteiger partial charge in [-0.25, -0.2) is 9.59 Å². The van der Waals surface area contributed by atoms with Crippen LogP contribution in [0, 0.1) is 0 Å². The van der Waals surface area contributed by atoms with Crippen molar-refractivity contribution in [3.8, 4) is 0 Å². The highest BCUT2D eigenvalue weighted by atomic mass is 19.4. The van der Waals surface area contributed by atoms with Crippen molar-refractivity contribution in [2.75, 3.05) is 33.2 Å². The number of amides is 2. The Balaban J connectivity index is 0.000000322. The minimum atomic E-state index is -5.08. The molecule has 2 saturated heterocycles. The van der Waals surface area contributed by atoms with Gasteiger partial charge in [-0.3, -0.25) is 0 Å². The Morgan fingerprint density at radius 2 is 1.61 bits per heavy atom. The van der Waals surface area contributed by atoms with Crippen molar-refractivity contribution in [2.45, 2.75) is 44.3 Å². The maximum atomic E-state index is 12.2. The van der Waals surface area contributed by atoms with Gasteiger partial charge in [0, 0.05) is 26.2 Å². The molecule has 0 aromatic heterocycles. The number of piperidine rings is 2. The fourth-order valence-corrected chi connectivity index (χ4v) is 2.66. The maximum Gasteiger partial charge on any atom is 0.490 e. The lowest BCUT2D eigenvalue weighted by molar-refractivity contribution is -0.192. The van der Waals surface area contributed by atoms with Crippen LogP contribution in [0.5, 0.6) is 0 Å². The normalized spacial score (nSPS) is 19.6. The minimum absolute atomic E-state index is 0.242. The molecule has 2 heterocycles. The van der Waals surface area contributed by atoms with Crippen molar-refractivity contribution in [3.63, 3.8) is 0 Å². The predicted octanol–water partition coefficient (Wildman–Crippen LogP) is 1.91. The number of carboxylic acids is 1. The van der Waals surface area contributed by atoms with Gasteiger partial charge in [-0.05, 0) is 45.2 Å². The summed E-state index contributed by atoms with van der Waals surface area (Å²) in [5.74, 6) is -2.76. The van der Waals surface area contributed by atoms with Crippen molar-refractivity contribution in [2.24, 2.45) is 0 Å². The van der Waals surface area contributed by atoms with Crippen molar-refractivity contribution < 1.29 is 27.9 Å². The van der Waals surface area contributed by atoms with Crippen LogP contribution in [0.25, 0.3) is 0 Å². The van der Waals surface area contributed by atoms with Crippen LogP contribution in [0.2, 0.25) is 0 Å². The molecule has 0 aliphatic carbocycles. The Hall–Kier alpha value is -1.51. The van der Waals surface area contributed by atoms with Gasteiger partial charge < -0.3 is 20.2 Å². The quantitative estimate of drug-likeness (QED) is 0.765. The van der Waals surface area contributed by atoms with E-state index in [2.05, 4.69) is 5.32 Å². The standard InChI is InChI=1S/C12H23N3O.C2HF3O2/c1-14(11-5-7-13-8-6-11)12(16)15-9-3-2-4-10-15;3-2(4,5)1(6)7/h11,13H,2-10H2,1H3;(H,6,7). The largest absolute Gasteiger partial charge is 0.490 e. The number of rotatable bonds is 1. The molecule has 6 nitrogen and oxygen atoms in total. The number of urea groups is 1. The van der Waals surface area contributed by atoms with Crippen LogP contribution in [0.15, 0.2) is 0 Å². The molecule has 2 N–H and O–H groups in total. The molecule has 0 spiro atoms. The number of hydrogen-bond donors (Lipinski definition) is 2. The van der Waals surface area contributed by atoms with Crippen molar-refractivity contribution in [1.82, 2.24) is 15.1 Å². The molecule has 23 heavy (non-hydrogen) atoms. The highest BCUT2D eigenvalue weighted by Crippen LogP contribution is 2.15. The number of hydrogen-bond acceptors (Lipinski definition) is 3. The summed E-state index contributed by atoms with van der Waals surface area (Å²) in [6.07, 6.45) is 0.727. The van der Waals surface area contributed by atoms with Crippen LogP contribution in [0.3, 0.4) is 0 Å². The summed E-state index contributed by atoms with van der Waals surface area (Å²) in [6, 6.07) is 0.683. The van der Waals surface area contributed by atoms with Gasteiger partial charge in [-0.15, -0.1) is 0 Å². The Labute approximate surface area is 133 Å². The lowest BCUT2D eigenvalue weighted by atomic mass is 10.1. The second-order valence-corrected chi connectivity index (χ2v) is 5.73. The van der Waals surface area contributed by atoms with Crippen molar-refractivity contribution in [3.05, 3.63) is 0 Å².